The molecule has 0 spiro atoms. The third-order valence-electron chi connectivity index (χ3n) is 7.88. The molecule has 3 N–H and O–H groups in total. The van der Waals surface area contributed by atoms with Crippen molar-refractivity contribution in [2.24, 2.45) is 28.6 Å². The Morgan fingerprint density at radius 3 is 1.54 bits per heavy atom. The number of nitrogens with one attached hydrogen (secondary N) is 3. The normalized spacial score (nSPS) is 18.5. The predicted octanol–water partition coefficient (Wildman–Crippen LogP) is 7.40. The van der Waals surface area contributed by atoms with E-state index in [9.17, 15) is 14.4 Å². The van der Waals surface area contributed by atoms with Crippen molar-refractivity contribution in [2.75, 3.05) is 6.54 Å². The molecule has 0 aliphatic heterocycles. The number of rotatable bonds is 7. The van der Waals surface area contributed by atoms with Gasteiger partial charge in [-0.3, -0.25) is 14.4 Å². The number of hydrogen-bond acceptors (Lipinski definition) is 3. The molecular weight excluding hydrogens is 486 g/mol. The van der Waals surface area contributed by atoms with E-state index < -0.39 is 0 Å². The summed E-state index contributed by atoms with van der Waals surface area (Å²) in [4.78, 5) is 34.4. The van der Waals surface area contributed by atoms with E-state index in [1.807, 2.05) is 62.3 Å². The SMILES string of the molecule is CC(C)C(=O)NCC1CCCCC1.CC[C@H](C)NC(=O)C(C)(C)C.C[C@@H](NC(=O)C(C)(C)C)C1CCCCC1. The van der Waals surface area contributed by atoms with Crippen LogP contribution in [-0.2, 0) is 14.4 Å². The highest BCUT2D eigenvalue weighted by molar-refractivity contribution is 5.82. The van der Waals surface area contributed by atoms with E-state index in [4.69, 9.17) is 0 Å². The minimum absolute atomic E-state index is 0.128. The fourth-order valence-electron chi connectivity index (χ4n) is 4.56. The van der Waals surface area contributed by atoms with Crippen molar-refractivity contribution >= 4 is 17.7 Å². The minimum atomic E-state index is -0.261. The Morgan fingerprint density at radius 1 is 0.692 bits per heavy atom. The molecule has 2 aliphatic carbocycles. The van der Waals surface area contributed by atoms with Crippen LogP contribution in [0.5, 0.6) is 0 Å². The molecule has 2 aliphatic rings. The molecule has 39 heavy (non-hydrogen) atoms. The third-order valence-corrected chi connectivity index (χ3v) is 7.88. The summed E-state index contributed by atoms with van der Waals surface area (Å²) in [7, 11) is 0. The van der Waals surface area contributed by atoms with E-state index in [2.05, 4.69) is 29.8 Å². The van der Waals surface area contributed by atoms with Gasteiger partial charge < -0.3 is 16.0 Å². The fourth-order valence-corrected chi connectivity index (χ4v) is 4.56. The summed E-state index contributed by atoms with van der Waals surface area (Å²) < 4.78 is 0. The lowest BCUT2D eigenvalue weighted by molar-refractivity contribution is -0.130. The van der Waals surface area contributed by atoms with E-state index in [0.29, 0.717) is 18.0 Å². The van der Waals surface area contributed by atoms with Gasteiger partial charge in [0.2, 0.25) is 17.7 Å². The van der Waals surface area contributed by atoms with Crippen molar-refractivity contribution in [1.29, 1.82) is 0 Å². The quantitative estimate of drug-likeness (QED) is 0.308. The Kier molecular flexibility index (Phi) is 17.9. The number of hydrogen-bond donors (Lipinski definition) is 3. The molecule has 2 rings (SSSR count). The van der Waals surface area contributed by atoms with Crippen LogP contribution in [0.3, 0.4) is 0 Å². The van der Waals surface area contributed by atoms with Crippen molar-refractivity contribution in [1.82, 2.24) is 16.0 Å². The first-order chi connectivity index (χ1) is 18.0. The molecule has 0 unspecified atom stereocenters. The average molecular weight is 552 g/mol. The van der Waals surface area contributed by atoms with E-state index in [-0.39, 0.29) is 34.5 Å². The molecule has 230 valence electrons. The molecule has 0 bridgehead atoms. The largest absolute Gasteiger partial charge is 0.356 e. The summed E-state index contributed by atoms with van der Waals surface area (Å²) in [6, 6.07) is 0.638. The Hall–Kier alpha value is -1.59. The monoisotopic (exact) mass is 552 g/mol. The van der Waals surface area contributed by atoms with Gasteiger partial charge in [-0.15, -0.1) is 0 Å². The topological polar surface area (TPSA) is 87.3 Å². The summed E-state index contributed by atoms with van der Waals surface area (Å²) in [6.07, 6.45) is 14.3. The first kappa shape index (κ1) is 37.4. The predicted molar refractivity (Wildman–Crippen MR) is 165 cm³/mol. The van der Waals surface area contributed by atoms with Crippen molar-refractivity contribution in [3.63, 3.8) is 0 Å². The Labute approximate surface area is 242 Å². The summed E-state index contributed by atoms with van der Waals surface area (Å²) in [5.74, 6) is 2.09. The Balaban J connectivity index is 0.000000563. The highest BCUT2D eigenvalue weighted by atomic mass is 16.2. The van der Waals surface area contributed by atoms with Crippen molar-refractivity contribution in [3.8, 4) is 0 Å². The zero-order valence-corrected chi connectivity index (χ0v) is 27.6. The minimum Gasteiger partial charge on any atom is -0.356 e. The van der Waals surface area contributed by atoms with E-state index >= 15 is 0 Å². The highest BCUT2D eigenvalue weighted by Gasteiger charge is 2.26. The molecule has 3 amide bonds. The molecule has 6 heteroatoms. The van der Waals surface area contributed by atoms with Gasteiger partial charge in [0.25, 0.3) is 0 Å². The summed E-state index contributed by atoms with van der Waals surface area (Å²) in [6.45, 7) is 22.7. The molecule has 6 nitrogen and oxygen atoms in total. The van der Waals surface area contributed by atoms with E-state index in [0.717, 1.165) is 18.9 Å². The van der Waals surface area contributed by atoms with Crippen LogP contribution in [0.2, 0.25) is 0 Å². The van der Waals surface area contributed by atoms with Crippen molar-refractivity contribution in [2.45, 2.75) is 159 Å². The number of amides is 3. The molecule has 0 aromatic rings. The van der Waals surface area contributed by atoms with E-state index in [1.54, 1.807) is 0 Å². The second-order valence-corrected chi connectivity index (χ2v) is 14.3. The first-order valence-electron chi connectivity index (χ1n) is 15.9. The zero-order chi connectivity index (χ0) is 30.2. The lowest BCUT2D eigenvalue weighted by atomic mass is 9.84. The van der Waals surface area contributed by atoms with Gasteiger partial charge in [0.15, 0.2) is 0 Å². The number of carbonyl (C=O) groups excluding carboxylic acids is 3. The molecule has 0 saturated heterocycles. The molecule has 0 radical (unpaired) electrons. The molecule has 0 aromatic heterocycles. The smallest absolute Gasteiger partial charge is 0.225 e. The Morgan fingerprint density at radius 2 is 1.13 bits per heavy atom. The van der Waals surface area contributed by atoms with Gasteiger partial charge in [0, 0.05) is 35.4 Å². The van der Waals surface area contributed by atoms with Gasteiger partial charge in [-0.05, 0) is 57.8 Å². The van der Waals surface area contributed by atoms with Crippen LogP contribution in [0.1, 0.15) is 147 Å². The molecule has 2 fully saturated rings. The van der Waals surface area contributed by atoms with Gasteiger partial charge in [0.05, 0.1) is 0 Å². The maximum absolute atomic E-state index is 11.8. The molecule has 2 atom stereocenters. The van der Waals surface area contributed by atoms with Crippen molar-refractivity contribution in [3.05, 3.63) is 0 Å². The van der Waals surface area contributed by atoms with Gasteiger partial charge in [-0.2, -0.15) is 0 Å². The van der Waals surface area contributed by atoms with Gasteiger partial charge in [-0.25, -0.2) is 0 Å². The van der Waals surface area contributed by atoms with E-state index in [1.165, 1.54) is 64.2 Å². The Bertz CT molecular complexity index is 694. The van der Waals surface area contributed by atoms with Crippen LogP contribution in [0.25, 0.3) is 0 Å². The van der Waals surface area contributed by atoms with Crippen LogP contribution in [0, 0.1) is 28.6 Å². The van der Waals surface area contributed by atoms with Crippen molar-refractivity contribution < 1.29 is 14.4 Å². The summed E-state index contributed by atoms with van der Waals surface area (Å²) in [5.41, 5.74) is -0.521. The summed E-state index contributed by atoms with van der Waals surface area (Å²) >= 11 is 0. The highest BCUT2D eigenvalue weighted by Crippen LogP contribution is 2.27. The standard InChI is InChI=1S/C13H25NO.C11H21NO.C9H19NO/c1-10(11-8-6-5-7-9-11)14-12(15)13(2,3)4;1-9(2)11(13)12-8-10-6-4-3-5-7-10;1-6-7(2)10-8(11)9(3,4)5/h10-11H,5-9H2,1-4H3,(H,14,15);9-10H,3-8H2,1-2H3,(H,12,13);7H,6H2,1-5H3,(H,10,11)/t10-;;7-/m1.0/s1. The van der Waals surface area contributed by atoms with Gasteiger partial charge in [0.1, 0.15) is 0 Å². The molecule has 2 saturated carbocycles. The molecule has 0 aromatic carbocycles. The third kappa shape index (κ3) is 17.7. The van der Waals surface area contributed by atoms with Crippen LogP contribution >= 0.6 is 0 Å². The number of carbonyl (C=O) groups is 3. The molecular formula is C33H65N3O3. The second-order valence-electron chi connectivity index (χ2n) is 14.3. The van der Waals surface area contributed by atoms with Crippen LogP contribution < -0.4 is 16.0 Å². The maximum Gasteiger partial charge on any atom is 0.225 e. The fraction of sp³-hybridized carbons (Fsp3) is 0.909. The maximum atomic E-state index is 11.8. The van der Waals surface area contributed by atoms with Gasteiger partial charge >= 0.3 is 0 Å². The van der Waals surface area contributed by atoms with Crippen LogP contribution in [0.4, 0.5) is 0 Å². The second kappa shape index (κ2) is 18.7. The first-order valence-corrected chi connectivity index (χ1v) is 15.9. The zero-order valence-electron chi connectivity index (χ0n) is 27.6. The molecule has 0 heterocycles. The summed E-state index contributed by atoms with van der Waals surface area (Å²) in [5, 5.41) is 9.09. The van der Waals surface area contributed by atoms with Gasteiger partial charge in [-0.1, -0.05) is 101 Å². The lowest BCUT2D eigenvalue weighted by Crippen LogP contribution is -2.44. The van der Waals surface area contributed by atoms with Crippen LogP contribution in [0.15, 0.2) is 0 Å². The van der Waals surface area contributed by atoms with Crippen LogP contribution in [-0.4, -0.2) is 36.3 Å². The lowest BCUT2D eigenvalue weighted by Gasteiger charge is -2.30. The average Bonchev–Trinajstić information content (AvgIpc) is 2.87.